The zero-order chi connectivity index (χ0) is 14.3. The van der Waals surface area contributed by atoms with Crippen molar-refractivity contribution in [2.24, 2.45) is 5.73 Å². The van der Waals surface area contributed by atoms with Gasteiger partial charge in [-0.15, -0.1) is 0 Å². The van der Waals surface area contributed by atoms with Crippen LogP contribution < -0.4 is 10.5 Å². The van der Waals surface area contributed by atoms with Crippen LogP contribution in [0.1, 0.15) is 18.1 Å². The van der Waals surface area contributed by atoms with Crippen molar-refractivity contribution in [3.8, 4) is 5.75 Å². The second kappa shape index (κ2) is 7.76. The number of methoxy groups -OCH3 is 1. The monoisotopic (exact) mass is 266 g/mol. The van der Waals surface area contributed by atoms with Gasteiger partial charge in [-0.05, 0) is 31.7 Å². The van der Waals surface area contributed by atoms with Crippen LogP contribution in [0.15, 0.2) is 18.2 Å². The molecule has 1 rings (SSSR count). The van der Waals surface area contributed by atoms with E-state index in [1.165, 1.54) is 0 Å². The number of ether oxygens (including phenoxy) is 2. The summed E-state index contributed by atoms with van der Waals surface area (Å²) in [6.45, 7) is 3.58. The fraction of sp³-hybridized carbons (Fsp3) is 0.500. The van der Waals surface area contributed by atoms with Gasteiger partial charge in [-0.2, -0.15) is 0 Å². The first-order valence-electron chi connectivity index (χ1n) is 6.30. The van der Waals surface area contributed by atoms with Crippen LogP contribution in [0.4, 0.5) is 0 Å². The van der Waals surface area contributed by atoms with Crippen LogP contribution in [0.3, 0.4) is 0 Å². The van der Waals surface area contributed by atoms with Crippen molar-refractivity contribution in [2.45, 2.75) is 20.0 Å². The SMILES string of the molecule is CCOC(=O)CN(C)Cc1ccc(OC)c(CN)c1. The molecule has 0 spiro atoms. The van der Waals surface area contributed by atoms with Crippen molar-refractivity contribution in [2.75, 3.05) is 27.3 Å². The van der Waals surface area contributed by atoms with E-state index in [0.717, 1.165) is 16.9 Å². The highest BCUT2D eigenvalue weighted by Gasteiger charge is 2.09. The van der Waals surface area contributed by atoms with Crippen LogP contribution >= 0.6 is 0 Å². The van der Waals surface area contributed by atoms with E-state index in [4.69, 9.17) is 15.2 Å². The smallest absolute Gasteiger partial charge is 0.320 e. The second-order valence-corrected chi connectivity index (χ2v) is 4.33. The number of esters is 1. The third-order valence-electron chi connectivity index (χ3n) is 2.72. The Kier molecular flexibility index (Phi) is 6.32. The van der Waals surface area contributed by atoms with Crippen molar-refractivity contribution >= 4 is 5.97 Å². The van der Waals surface area contributed by atoms with Crippen molar-refractivity contribution in [3.63, 3.8) is 0 Å². The summed E-state index contributed by atoms with van der Waals surface area (Å²) in [5, 5.41) is 0. The Hall–Kier alpha value is -1.59. The Morgan fingerprint density at radius 2 is 2.16 bits per heavy atom. The van der Waals surface area contributed by atoms with Gasteiger partial charge in [-0.25, -0.2) is 0 Å². The van der Waals surface area contributed by atoms with Gasteiger partial charge in [0, 0.05) is 18.7 Å². The van der Waals surface area contributed by atoms with Gasteiger partial charge in [0.15, 0.2) is 0 Å². The summed E-state index contributed by atoms with van der Waals surface area (Å²) < 4.78 is 10.1. The lowest BCUT2D eigenvalue weighted by Gasteiger charge is -2.16. The molecule has 0 aromatic heterocycles. The predicted molar refractivity (Wildman–Crippen MR) is 73.9 cm³/mol. The molecule has 0 fully saturated rings. The number of hydrogen-bond acceptors (Lipinski definition) is 5. The Morgan fingerprint density at radius 3 is 2.74 bits per heavy atom. The molecule has 0 radical (unpaired) electrons. The van der Waals surface area contributed by atoms with Gasteiger partial charge >= 0.3 is 5.97 Å². The van der Waals surface area contributed by atoms with Crippen molar-refractivity contribution in [3.05, 3.63) is 29.3 Å². The minimum Gasteiger partial charge on any atom is -0.496 e. The van der Waals surface area contributed by atoms with E-state index in [1.54, 1.807) is 14.0 Å². The number of carbonyl (C=O) groups is 1. The Bertz CT molecular complexity index is 421. The summed E-state index contributed by atoms with van der Waals surface area (Å²) in [7, 11) is 3.50. The molecule has 0 saturated carbocycles. The number of nitrogens with two attached hydrogens (primary N) is 1. The van der Waals surface area contributed by atoms with Gasteiger partial charge in [0.25, 0.3) is 0 Å². The Balaban J connectivity index is 2.64. The third kappa shape index (κ3) is 4.89. The van der Waals surface area contributed by atoms with Crippen LogP contribution in [0.2, 0.25) is 0 Å². The van der Waals surface area contributed by atoms with Crippen molar-refractivity contribution in [1.29, 1.82) is 0 Å². The van der Waals surface area contributed by atoms with E-state index >= 15 is 0 Å². The first-order valence-corrected chi connectivity index (χ1v) is 6.30. The van der Waals surface area contributed by atoms with E-state index in [0.29, 0.717) is 19.7 Å². The average Bonchev–Trinajstić information content (AvgIpc) is 2.38. The summed E-state index contributed by atoms with van der Waals surface area (Å²) in [6, 6.07) is 5.87. The maximum atomic E-state index is 11.4. The van der Waals surface area contributed by atoms with E-state index in [1.807, 2.05) is 30.1 Å². The molecule has 5 nitrogen and oxygen atoms in total. The minimum atomic E-state index is -0.211. The fourth-order valence-electron chi connectivity index (χ4n) is 1.88. The Labute approximate surface area is 114 Å². The largest absolute Gasteiger partial charge is 0.496 e. The summed E-state index contributed by atoms with van der Waals surface area (Å²) >= 11 is 0. The molecule has 0 aliphatic rings. The van der Waals surface area contributed by atoms with Gasteiger partial charge in [0.2, 0.25) is 0 Å². The minimum absolute atomic E-state index is 0.211. The lowest BCUT2D eigenvalue weighted by molar-refractivity contribution is -0.144. The molecule has 0 saturated heterocycles. The van der Waals surface area contributed by atoms with Crippen LogP contribution in [0.25, 0.3) is 0 Å². The molecule has 0 bridgehead atoms. The molecule has 1 aromatic rings. The summed E-state index contributed by atoms with van der Waals surface area (Å²) in [5.74, 6) is 0.580. The molecule has 5 heteroatoms. The van der Waals surface area contributed by atoms with Crippen molar-refractivity contribution < 1.29 is 14.3 Å². The summed E-state index contributed by atoms with van der Waals surface area (Å²) in [6.07, 6.45) is 0. The van der Waals surface area contributed by atoms with E-state index in [2.05, 4.69) is 0 Å². The normalized spacial score (nSPS) is 10.6. The lowest BCUT2D eigenvalue weighted by atomic mass is 10.1. The number of nitrogens with zero attached hydrogens (tertiary/aromatic N) is 1. The van der Waals surface area contributed by atoms with Crippen LogP contribution in [0, 0.1) is 0 Å². The third-order valence-corrected chi connectivity index (χ3v) is 2.72. The molecule has 1 aromatic carbocycles. The highest BCUT2D eigenvalue weighted by Crippen LogP contribution is 2.19. The van der Waals surface area contributed by atoms with Gasteiger partial charge in [-0.3, -0.25) is 9.69 Å². The average molecular weight is 266 g/mol. The van der Waals surface area contributed by atoms with Crippen LogP contribution in [-0.2, 0) is 22.6 Å². The number of likely N-dealkylation sites (N-methyl/N-ethyl adjacent to an activating group) is 1. The quantitative estimate of drug-likeness (QED) is 0.750. The molecule has 0 unspecified atom stereocenters. The second-order valence-electron chi connectivity index (χ2n) is 4.33. The number of carbonyl (C=O) groups excluding carboxylic acids is 1. The standard InChI is InChI=1S/C14H22N2O3/c1-4-19-14(17)10-16(2)9-11-5-6-13(18-3)12(7-11)8-15/h5-7H,4,8-10,15H2,1-3H3. The van der Waals surface area contributed by atoms with Gasteiger partial charge < -0.3 is 15.2 Å². The Morgan fingerprint density at radius 1 is 1.42 bits per heavy atom. The number of rotatable bonds is 7. The molecule has 0 heterocycles. The predicted octanol–water partition coefficient (Wildman–Crippen LogP) is 1.15. The summed E-state index contributed by atoms with van der Waals surface area (Å²) in [4.78, 5) is 13.3. The molecule has 0 aliphatic carbocycles. The molecule has 0 aliphatic heterocycles. The topological polar surface area (TPSA) is 64.8 Å². The molecule has 106 valence electrons. The zero-order valence-electron chi connectivity index (χ0n) is 11.8. The van der Waals surface area contributed by atoms with E-state index in [9.17, 15) is 4.79 Å². The number of hydrogen-bond donors (Lipinski definition) is 1. The molecule has 2 N–H and O–H groups in total. The number of benzene rings is 1. The maximum absolute atomic E-state index is 11.4. The molecular weight excluding hydrogens is 244 g/mol. The van der Waals surface area contributed by atoms with Gasteiger partial charge in [0.1, 0.15) is 5.75 Å². The molecule has 0 amide bonds. The highest BCUT2D eigenvalue weighted by atomic mass is 16.5. The molecule has 19 heavy (non-hydrogen) atoms. The molecular formula is C14H22N2O3. The van der Waals surface area contributed by atoms with E-state index in [-0.39, 0.29) is 12.5 Å². The van der Waals surface area contributed by atoms with E-state index < -0.39 is 0 Å². The first-order chi connectivity index (χ1) is 9.10. The summed E-state index contributed by atoms with van der Waals surface area (Å²) in [5.41, 5.74) is 7.73. The molecule has 0 atom stereocenters. The lowest BCUT2D eigenvalue weighted by Crippen LogP contribution is -2.27. The van der Waals surface area contributed by atoms with Crippen LogP contribution in [0.5, 0.6) is 5.75 Å². The fourth-order valence-corrected chi connectivity index (χ4v) is 1.88. The first kappa shape index (κ1) is 15.5. The van der Waals surface area contributed by atoms with Crippen molar-refractivity contribution in [1.82, 2.24) is 4.90 Å². The maximum Gasteiger partial charge on any atom is 0.320 e. The zero-order valence-corrected chi connectivity index (χ0v) is 11.8. The van der Waals surface area contributed by atoms with Crippen LogP contribution in [-0.4, -0.2) is 38.2 Å². The van der Waals surface area contributed by atoms with Gasteiger partial charge in [0.05, 0.1) is 20.3 Å². The highest BCUT2D eigenvalue weighted by molar-refractivity contribution is 5.71. The van der Waals surface area contributed by atoms with Gasteiger partial charge in [-0.1, -0.05) is 6.07 Å².